The molecule has 0 aliphatic carbocycles. The van der Waals surface area contributed by atoms with E-state index >= 15 is 0 Å². The van der Waals surface area contributed by atoms with Gasteiger partial charge in [-0.25, -0.2) is 4.98 Å². The summed E-state index contributed by atoms with van der Waals surface area (Å²) in [6.07, 6.45) is 8.85. The molecule has 3 rings (SSSR count). The Morgan fingerprint density at radius 2 is 2.04 bits per heavy atom. The number of amides is 1. The molecule has 2 aliphatic rings. The van der Waals surface area contributed by atoms with E-state index in [0.29, 0.717) is 31.0 Å². The van der Waals surface area contributed by atoms with Gasteiger partial charge in [-0.05, 0) is 32.1 Å². The molecule has 1 aromatic heterocycles. The largest absolute Gasteiger partial charge is 0.381 e. The summed E-state index contributed by atoms with van der Waals surface area (Å²) in [6.45, 7) is 8.76. The highest BCUT2D eigenvalue weighted by Gasteiger charge is 2.36. The third-order valence-corrected chi connectivity index (χ3v) is 5.69. The monoisotopic (exact) mass is 420 g/mol. The van der Waals surface area contributed by atoms with E-state index in [1.165, 1.54) is 12.8 Å². The van der Waals surface area contributed by atoms with E-state index < -0.39 is 0 Å². The molecule has 0 aromatic carbocycles. The molecular weight excluding hydrogens is 387 g/mol. The van der Waals surface area contributed by atoms with Crippen LogP contribution in [0.25, 0.3) is 0 Å². The van der Waals surface area contributed by atoms with Gasteiger partial charge >= 0.3 is 0 Å². The molecule has 0 spiro atoms. The predicted molar refractivity (Wildman–Crippen MR) is 112 cm³/mol. The number of rotatable bonds is 7. The predicted octanol–water partition coefficient (Wildman–Crippen LogP) is 2.82. The number of aromatic nitrogens is 2. The number of hydrogen-bond donors (Lipinski definition) is 1. The van der Waals surface area contributed by atoms with E-state index in [1.807, 2.05) is 17.7 Å². The maximum absolute atomic E-state index is 12.5. The van der Waals surface area contributed by atoms with Crippen molar-refractivity contribution in [3.8, 4) is 0 Å². The molecule has 156 valence electrons. The molecular formula is C19H34Cl2N4O2. The molecule has 2 fully saturated rings. The van der Waals surface area contributed by atoms with Crippen molar-refractivity contribution < 1.29 is 9.53 Å². The van der Waals surface area contributed by atoms with Gasteiger partial charge < -0.3 is 14.6 Å². The van der Waals surface area contributed by atoms with Crippen molar-refractivity contribution in [2.75, 3.05) is 26.3 Å². The molecule has 1 amide bonds. The van der Waals surface area contributed by atoms with Gasteiger partial charge in [0.25, 0.3) is 0 Å². The number of halogens is 2. The zero-order valence-electron chi connectivity index (χ0n) is 16.4. The number of imidazole rings is 1. The lowest BCUT2D eigenvalue weighted by molar-refractivity contribution is -0.122. The molecule has 27 heavy (non-hydrogen) atoms. The van der Waals surface area contributed by atoms with E-state index in [-0.39, 0.29) is 30.7 Å². The summed E-state index contributed by atoms with van der Waals surface area (Å²) in [7, 11) is 0. The Hall–Kier alpha value is -0.820. The average molecular weight is 421 g/mol. The zero-order valence-corrected chi connectivity index (χ0v) is 18.1. The number of likely N-dealkylation sites (tertiary alicyclic amines) is 1. The fourth-order valence-electron chi connectivity index (χ4n) is 4.22. The number of carbonyl (C=O) groups is 1. The van der Waals surface area contributed by atoms with E-state index in [9.17, 15) is 4.79 Å². The molecule has 3 heterocycles. The second kappa shape index (κ2) is 11.9. The van der Waals surface area contributed by atoms with Crippen molar-refractivity contribution in [1.29, 1.82) is 0 Å². The maximum atomic E-state index is 12.5. The Balaban J connectivity index is 0.00000182. The lowest BCUT2D eigenvalue weighted by atomic mass is 9.98. The molecule has 0 unspecified atom stereocenters. The van der Waals surface area contributed by atoms with Crippen LogP contribution in [0.15, 0.2) is 12.4 Å². The van der Waals surface area contributed by atoms with Crippen LogP contribution < -0.4 is 5.32 Å². The molecule has 1 aromatic rings. The highest BCUT2D eigenvalue weighted by atomic mass is 35.5. The van der Waals surface area contributed by atoms with Crippen LogP contribution in [0.5, 0.6) is 0 Å². The normalized spacial score (nSPS) is 23.5. The number of carbonyl (C=O) groups excluding carboxylic acids is 1. The molecule has 0 bridgehead atoms. The molecule has 1 N–H and O–H groups in total. The van der Waals surface area contributed by atoms with Crippen molar-refractivity contribution in [3.63, 3.8) is 0 Å². The number of ether oxygens (including phenoxy) is 1. The van der Waals surface area contributed by atoms with Crippen LogP contribution in [0, 0.1) is 12.8 Å². The summed E-state index contributed by atoms with van der Waals surface area (Å²) in [5.74, 6) is 1.70. The van der Waals surface area contributed by atoms with Gasteiger partial charge in [-0.3, -0.25) is 9.69 Å². The van der Waals surface area contributed by atoms with Crippen LogP contribution in [0.4, 0.5) is 0 Å². The minimum atomic E-state index is 0. The molecule has 2 saturated heterocycles. The standard InChI is InChI=1S/C19H32N4O2.2ClH/c1-3-4-16-13-23(17-6-11-25-12-7-17)14-18(16)21-19(24)5-9-22-10-8-20-15(22)2;;/h8,10,16-18H,3-7,9,11-14H2,1-2H3,(H,21,24);2*1H/t16-,18-;;/m0../s1. The molecule has 2 aliphatic heterocycles. The first-order valence-electron chi connectivity index (χ1n) is 9.76. The van der Waals surface area contributed by atoms with Gasteiger partial charge in [-0.1, -0.05) is 13.3 Å². The third-order valence-electron chi connectivity index (χ3n) is 5.69. The van der Waals surface area contributed by atoms with Crippen LogP contribution in [0.3, 0.4) is 0 Å². The maximum Gasteiger partial charge on any atom is 0.222 e. The molecule has 8 heteroatoms. The van der Waals surface area contributed by atoms with E-state index in [2.05, 4.69) is 22.1 Å². The Kier molecular flexibility index (Phi) is 10.7. The van der Waals surface area contributed by atoms with Crippen molar-refractivity contribution in [2.45, 2.75) is 64.6 Å². The van der Waals surface area contributed by atoms with Gasteiger partial charge in [-0.15, -0.1) is 24.8 Å². The Labute approximate surface area is 175 Å². The first-order chi connectivity index (χ1) is 12.2. The quantitative estimate of drug-likeness (QED) is 0.736. The van der Waals surface area contributed by atoms with E-state index in [4.69, 9.17) is 4.74 Å². The van der Waals surface area contributed by atoms with Crippen molar-refractivity contribution in [2.24, 2.45) is 5.92 Å². The van der Waals surface area contributed by atoms with E-state index in [1.54, 1.807) is 6.20 Å². The van der Waals surface area contributed by atoms with Gasteiger partial charge in [0.1, 0.15) is 5.82 Å². The summed E-state index contributed by atoms with van der Waals surface area (Å²) in [4.78, 5) is 19.3. The fourth-order valence-corrected chi connectivity index (χ4v) is 4.22. The van der Waals surface area contributed by atoms with Crippen LogP contribution in [0.1, 0.15) is 44.9 Å². The summed E-state index contributed by atoms with van der Waals surface area (Å²) < 4.78 is 7.53. The lowest BCUT2D eigenvalue weighted by Gasteiger charge is -2.31. The fraction of sp³-hybridized carbons (Fsp3) is 0.789. The summed E-state index contributed by atoms with van der Waals surface area (Å²) >= 11 is 0. The molecule has 6 nitrogen and oxygen atoms in total. The van der Waals surface area contributed by atoms with Crippen LogP contribution in [-0.4, -0.2) is 58.7 Å². The summed E-state index contributed by atoms with van der Waals surface area (Å²) in [5, 5.41) is 3.32. The van der Waals surface area contributed by atoms with Gasteiger partial charge in [0.2, 0.25) is 5.91 Å². The Morgan fingerprint density at radius 3 is 2.67 bits per heavy atom. The molecule has 0 saturated carbocycles. The third kappa shape index (κ3) is 6.63. The average Bonchev–Trinajstić information content (AvgIpc) is 3.21. The second-order valence-electron chi connectivity index (χ2n) is 7.44. The zero-order chi connectivity index (χ0) is 17.6. The molecule has 2 atom stereocenters. The Bertz CT molecular complexity index is 564. The minimum absolute atomic E-state index is 0. The lowest BCUT2D eigenvalue weighted by Crippen LogP contribution is -2.42. The van der Waals surface area contributed by atoms with E-state index in [0.717, 1.165) is 45.0 Å². The van der Waals surface area contributed by atoms with Crippen LogP contribution in [0.2, 0.25) is 0 Å². The number of hydrogen-bond acceptors (Lipinski definition) is 4. The first kappa shape index (κ1) is 24.2. The summed E-state index contributed by atoms with van der Waals surface area (Å²) in [5.41, 5.74) is 0. The smallest absolute Gasteiger partial charge is 0.222 e. The highest BCUT2D eigenvalue weighted by Crippen LogP contribution is 2.27. The first-order valence-corrected chi connectivity index (χ1v) is 9.76. The van der Waals surface area contributed by atoms with Crippen molar-refractivity contribution in [3.05, 3.63) is 18.2 Å². The number of nitrogens with zero attached hydrogens (tertiary/aromatic N) is 3. The Morgan fingerprint density at radius 1 is 1.30 bits per heavy atom. The van der Waals surface area contributed by atoms with Crippen molar-refractivity contribution >= 4 is 30.7 Å². The van der Waals surface area contributed by atoms with Gasteiger partial charge in [0.05, 0.1) is 0 Å². The highest BCUT2D eigenvalue weighted by molar-refractivity contribution is 5.85. The van der Waals surface area contributed by atoms with Gasteiger partial charge in [0.15, 0.2) is 0 Å². The number of aryl methyl sites for hydroxylation is 2. The van der Waals surface area contributed by atoms with Gasteiger partial charge in [-0.2, -0.15) is 0 Å². The second-order valence-corrected chi connectivity index (χ2v) is 7.44. The van der Waals surface area contributed by atoms with Crippen LogP contribution >= 0.6 is 24.8 Å². The number of nitrogens with one attached hydrogen (secondary N) is 1. The SMILES string of the molecule is CCC[C@H]1CN(C2CCOCC2)C[C@@H]1NC(=O)CCn1ccnc1C.Cl.Cl. The topological polar surface area (TPSA) is 59.4 Å². The molecule has 0 radical (unpaired) electrons. The van der Waals surface area contributed by atoms with Crippen molar-refractivity contribution in [1.82, 2.24) is 19.8 Å². The summed E-state index contributed by atoms with van der Waals surface area (Å²) in [6, 6.07) is 0.919. The van der Waals surface area contributed by atoms with Gasteiger partial charge in [0, 0.05) is 63.7 Å². The van der Waals surface area contributed by atoms with Crippen LogP contribution in [-0.2, 0) is 16.1 Å². The minimum Gasteiger partial charge on any atom is -0.381 e.